The fourth-order valence-electron chi connectivity index (χ4n) is 1.82. The van der Waals surface area contributed by atoms with Crippen molar-refractivity contribution in [1.29, 1.82) is 0 Å². The Balaban J connectivity index is 2.96. The van der Waals surface area contributed by atoms with Crippen molar-refractivity contribution < 1.29 is 45.8 Å². The van der Waals surface area contributed by atoms with Crippen LogP contribution in [0.2, 0.25) is 0 Å². The molecule has 5 nitrogen and oxygen atoms in total. The second-order valence-corrected chi connectivity index (χ2v) is 4.82. The molecule has 122 valence electrons. The number of carboxylic acids is 1. The summed E-state index contributed by atoms with van der Waals surface area (Å²) >= 11 is 0. The number of nitrogens with one attached hydrogen (secondary N) is 1. The zero-order valence-corrected chi connectivity index (χ0v) is 10.5. The van der Waals surface area contributed by atoms with Crippen molar-refractivity contribution in [2.75, 3.05) is 13.2 Å². The Kier molecular flexibility index (Phi) is 4.47. The average molecular weight is 323 g/mol. The molecule has 1 aliphatic rings. The van der Waals surface area contributed by atoms with Crippen molar-refractivity contribution in [1.82, 2.24) is 5.32 Å². The van der Waals surface area contributed by atoms with Crippen LogP contribution < -0.4 is 5.32 Å². The molecule has 0 saturated carbocycles. The van der Waals surface area contributed by atoms with Crippen LogP contribution in [0, 0.1) is 11.3 Å². The predicted molar refractivity (Wildman–Crippen MR) is 54.1 cm³/mol. The molecule has 0 aromatic carbocycles. The predicted octanol–water partition coefficient (Wildman–Crippen LogP) is 1.33. The lowest BCUT2D eigenvalue weighted by molar-refractivity contribution is -0.274. The molecule has 2 atom stereocenters. The lowest BCUT2D eigenvalue weighted by atomic mass is 9.85. The zero-order valence-electron chi connectivity index (χ0n) is 10.5. The zero-order chi connectivity index (χ0) is 16.6. The molecule has 0 spiro atoms. The number of aliphatic carboxylic acids is 1. The van der Waals surface area contributed by atoms with Crippen molar-refractivity contribution in [3.05, 3.63) is 0 Å². The lowest BCUT2D eigenvalue weighted by Gasteiger charge is -2.28. The van der Waals surface area contributed by atoms with E-state index in [1.165, 1.54) is 5.32 Å². The topological polar surface area (TPSA) is 75.6 Å². The summed E-state index contributed by atoms with van der Waals surface area (Å²) in [6.07, 6.45) is -11.7. The highest BCUT2D eigenvalue weighted by Gasteiger charge is 2.62. The fraction of sp³-hybridized carbons (Fsp3) is 0.800. The summed E-state index contributed by atoms with van der Waals surface area (Å²) in [4.78, 5) is 22.3. The van der Waals surface area contributed by atoms with Crippen LogP contribution in [0.3, 0.4) is 0 Å². The third-order valence-electron chi connectivity index (χ3n) is 3.18. The first kappa shape index (κ1) is 17.5. The summed E-state index contributed by atoms with van der Waals surface area (Å²) in [5, 5.41) is 10.4. The van der Waals surface area contributed by atoms with Gasteiger partial charge in [-0.15, -0.1) is 0 Å². The van der Waals surface area contributed by atoms with E-state index in [0.717, 1.165) is 6.92 Å². The molecule has 21 heavy (non-hydrogen) atoms. The second-order valence-electron chi connectivity index (χ2n) is 4.82. The molecule has 1 heterocycles. The molecule has 0 aromatic rings. The Morgan fingerprint density at radius 1 is 1.24 bits per heavy atom. The average Bonchev–Trinajstić information content (AvgIpc) is 2.56. The molecular weight excluding hydrogens is 312 g/mol. The van der Waals surface area contributed by atoms with E-state index in [4.69, 9.17) is 9.84 Å². The van der Waals surface area contributed by atoms with Crippen LogP contribution in [-0.4, -0.2) is 48.6 Å². The standard InChI is InChI=1S/C10H11F6NO4/c1-8(7(19)20)3-21-2-4(8)17-6(18)5(9(11,12)13)10(14,15)16/h4-5H,2-3H2,1H3,(H,17,18)(H,19,20). The van der Waals surface area contributed by atoms with Crippen LogP contribution in [0.5, 0.6) is 0 Å². The normalized spacial score (nSPS) is 27.0. The number of alkyl halides is 6. The maximum atomic E-state index is 12.4. The quantitative estimate of drug-likeness (QED) is 0.769. The Bertz CT molecular complexity index is 420. The van der Waals surface area contributed by atoms with Gasteiger partial charge < -0.3 is 15.2 Å². The van der Waals surface area contributed by atoms with E-state index < -0.39 is 54.8 Å². The van der Waals surface area contributed by atoms with Crippen LogP contribution in [-0.2, 0) is 14.3 Å². The first-order valence-corrected chi connectivity index (χ1v) is 5.55. The Labute approximate surface area is 114 Å². The van der Waals surface area contributed by atoms with E-state index in [9.17, 15) is 35.9 Å². The molecule has 0 bridgehead atoms. The smallest absolute Gasteiger partial charge is 0.409 e. The van der Waals surface area contributed by atoms with E-state index in [0.29, 0.717) is 0 Å². The molecule has 2 N–H and O–H groups in total. The van der Waals surface area contributed by atoms with Gasteiger partial charge in [0.2, 0.25) is 11.8 Å². The van der Waals surface area contributed by atoms with E-state index >= 15 is 0 Å². The molecule has 11 heteroatoms. The van der Waals surface area contributed by atoms with E-state index in [2.05, 4.69) is 0 Å². The van der Waals surface area contributed by atoms with Crippen molar-refractivity contribution >= 4 is 11.9 Å². The highest BCUT2D eigenvalue weighted by atomic mass is 19.4. The third kappa shape index (κ3) is 3.57. The minimum atomic E-state index is -5.83. The van der Waals surface area contributed by atoms with E-state index in [-0.39, 0.29) is 0 Å². The van der Waals surface area contributed by atoms with Crippen LogP contribution in [0.4, 0.5) is 26.3 Å². The minimum absolute atomic E-state index is 0.435. The number of carbonyl (C=O) groups is 2. The Morgan fingerprint density at radius 3 is 2.10 bits per heavy atom. The highest BCUT2D eigenvalue weighted by molar-refractivity contribution is 5.83. The number of ether oxygens (including phenoxy) is 1. The van der Waals surface area contributed by atoms with Crippen LogP contribution in [0.15, 0.2) is 0 Å². The van der Waals surface area contributed by atoms with Gasteiger partial charge in [-0.25, -0.2) is 0 Å². The summed E-state index contributed by atoms with van der Waals surface area (Å²) in [5.41, 5.74) is -1.79. The van der Waals surface area contributed by atoms with E-state index in [1.807, 2.05) is 0 Å². The third-order valence-corrected chi connectivity index (χ3v) is 3.18. The van der Waals surface area contributed by atoms with Gasteiger partial charge in [0.15, 0.2) is 0 Å². The molecule has 1 amide bonds. The summed E-state index contributed by atoms with van der Waals surface area (Å²) in [5.74, 6) is -8.07. The summed E-state index contributed by atoms with van der Waals surface area (Å²) < 4.78 is 78.9. The summed E-state index contributed by atoms with van der Waals surface area (Å²) in [6.45, 7) is 0.135. The molecule has 1 rings (SSSR count). The number of amides is 1. The van der Waals surface area contributed by atoms with Crippen molar-refractivity contribution in [2.45, 2.75) is 25.3 Å². The van der Waals surface area contributed by atoms with Gasteiger partial charge in [-0.3, -0.25) is 9.59 Å². The van der Waals surface area contributed by atoms with Gasteiger partial charge in [-0.1, -0.05) is 0 Å². The Morgan fingerprint density at radius 2 is 1.71 bits per heavy atom. The second kappa shape index (κ2) is 5.35. The van der Waals surface area contributed by atoms with Gasteiger partial charge in [0, 0.05) is 0 Å². The van der Waals surface area contributed by atoms with Gasteiger partial charge in [0.05, 0.1) is 19.3 Å². The Hall–Kier alpha value is -1.52. The molecule has 0 aliphatic carbocycles. The number of rotatable bonds is 3. The number of carboxylic acid groups (broad SMARTS) is 1. The van der Waals surface area contributed by atoms with Crippen molar-refractivity contribution in [2.24, 2.45) is 11.3 Å². The fourth-order valence-corrected chi connectivity index (χ4v) is 1.82. The molecule has 1 saturated heterocycles. The van der Waals surface area contributed by atoms with Gasteiger partial charge in [0.25, 0.3) is 0 Å². The molecular formula is C10H11F6NO4. The SMILES string of the molecule is CC1(C(=O)O)COCC1NC(=O)C(C(F)(F)F)C(F)(F)F. The largest absolute Gasteiger partial charge is 0.481 e. The van der Waals surface area contributed by atoms with Crippen LogP contribution in [0.1, 0.15) is 6.92 Å². The molecule has 0 aromatic heterocycles. The first-order valence-electron chi connectivity index (χ1n) is 5.55. The number of carbonyl (C=O) groups excluding carboxylic acids is 1. The van der Waals surface area contributed by atoms with Gasteiger partial charge in [0.1, 0.15) is 5.41 Å². The molecule has 1 aliphatic heterocycles. The highest BCUT2D eigenvalue weighted by Crippen LogP contribution is 2.40. The molecule has 2 unspecified atom stereocenters. The number of halogens is 6. The lowest BCUT2D eigenvalue weighted by Crippen LogP contribution is -2.55. The van der Waals surface area contributed by atoms with Gasteiger partial charge in [-0.05, 0) is 6.92 Å². The first-order chi connectivity index (χ1) is 9.30. The summed E-state index contributed by atoms with van der Waals surface area (Å²) in [6, 6.07) is -1.49. The molecule has 0 radical (unpaired) electrons. The van der Waals surface area contributed by atoms with Crippen molar-refractivity contribution in [3.8, 4) is 0 Å². The van der Waals surface area contributed by atoms with Crippen LogP contribution >= 0.6 is 0 Å². The summed E-state index contributed by atoms with van der Waals surface area (Å²) in [7, 11) is 0. The van der Waals surface area contributed by atoms with Gasteiger partial charge in [-0.2, -0.15) is 26.3 Å². The monoisotopic (exact) mass is 323 g/mol. The number of hydrogen-bond donors (Lipinski definition) is 2. The maximum Gasteiger partial charge on any atom is 0.409 e. The maximum absolute atomic E-state index is 12.4. The van der Waals surface area contributed by atoms with Crippen LogP contribution in [0.25, 0.3) is 0 Å². The number of hydrogen-bond acceptors (Lipinski definition) is 3. The van der Waals surface area contributed by atoms with E-state index in [1.54, 1.807) is 0 Å². The van der Waals surface area contributed by atoms with Gasteiger partial charge >= 0.3 is 18.3 Å². The van der Waals surface area contributed by atoms with Crippen molar-refractivity contribution in [3.63, 3.8) is 0 Å². The molecule has 1 fully saturated rings. The minimum Gasteiger partial charge on any atom is -0.481 e.